The second kappa shape index (κ2) is 15.0. The summed E-state index contributed by atoms with van der Waals surface area (Å²) in [5.41, 5.74) is -0.0819. The third kappa shape index (κ3) is 8.17. The maximum absolute atomic E-state index is 13.6. The molecule has 50 heavy (non-hydrogen) atoms. The van der Waals surface area contributed by atoms with Crippen molar-refractivity contribution in [3.05, 3.63) is 59.1 Å². The van der Waals surface area contributed by atoms with E-state index in [1.54, 1.807) is 35.2 Å². The minimum atomic E-state index is -4.26. The smallest absolute Gasteiger partial charge is 0.410 e. The van der Waals surface area contributed by atoms with E-state index in [4.69, 9.17) is 30.5 Å². The Kier molecular flexibility index (Phi) is 10.9. The highest BCUT2D eigenvalue weighted by Gasteiger charge is 2.41. The van der Waals surface area contributed by atoms with Gasteiger partial charge in [-0.3, -0.25) is 4.79 Å². The summed E-state index contributed by atoms with van der Waals surface area (Å²) in [7, 11) is -0.229. The van der Waals surface area contributed by atoms with Gasteiger partial charge in [-0.05, 0) is 96.0 Å². The zero-order valence-electron chi connectivity index (χ0n) is 29.1. The maximum Gasteiger partial charge on any atom is 0.410 e. The van der Waals surface area contributed by atoms with E-state index in [0.29, 0.717) is 61.4 Å². The molecule has 0 unspecified atom stereocenters. The maximum atomic E-state index is 13.6. The number of sulfonamides is 1. The molecule has 14 heteroatoms. The van der Waals surface area contributed by atoms with Gasteiger partial charge in [0.1, 0.15) is 29.8 Å². The van der Waals surface area contributed by atoms with Crippen LogP contribution in [0.4, 0.5) is 10.5 Å². The van der Waals surface area contributed by atoms with Crippen molar-refractivity contribution < 1.29 is 37.0 Å². The first kappa shape index (κ1) is 36.3. The fourth-order valence-corrected chi connectivity index (χ4v) is 8.14. The van der Waals surface area contributed by atoms with Gasteiger partial charge in [0, 0.05) is 48.7 Å². The van der Waals surface area contributed by atoms with Crippen LogP contribution in [0.3, 0.4) is 0 Å². The molecule has 4 atom stereocenters. The quantitative estimate of drug-likeness (QED) is 0.429. The van der Waals surface area contributed by atoms with Gasteiger partial charge in [0.2, 0.25) is 0 Å². The van der Waals surface area contributed by atoms with Crippen LogP contribution in [0, 0.1) is 11.8 Å². The SMILES string of the molecule is CN(C)[C@@H]1CCN(C(=O)O[C@H]2/C=C/COC(C)(C)C(=O)NS(=O)(=O)c3ccc4c(c3)N(CCCOc3cc(Cl)ccc3CO4)C[C@@H]3CC[C@H]32)C1. The lowest BCUT2D eigenvalue weighted by Gasteiger charge is -2.43. The number of anilines is 1. The molecule has 2 aromatic carbocycles. The Morgan fingerprint density at radius 1 is 1.04 bits per heavy atom. The lowest BCUT2D eigenvalue weighted by Crippen LogP contribution is -2.47. The van der Waals surface area contributed by atoms with Crippen molar-refractivity contribution in [1.29, 1.82) is 0 Å². The van der Waals surface area contributed by atoms with Crippen LogP contribution in [0.25, 0.3) is 0 Å². The molecule has 272 valence electrons. The largest absolute Gasteiger partial charge is 0.493 e. The first-order valence-corrected chi connectivity index (χ1v) is 19.1. The first-order valence-electron chi connectivity index (χ1n) is 17.2. The van der Waals surface area contributed by atoms with Crippen LogP contribution < -0.4 is 19.1 Å². The number of carbonyl (C=O) groups is 2. The van der Waals surface area contributed by atoms with Gasteiger partial charge in [-0.1, -0.05) is 23.7 Å². The van der Waals surface area contributed by atoms with Gasteiger partial charge in [0.15, 0.2) is 0 Å². The molecule has 12 nitrogen and oxygen atoms in total. The summed E-state index contributed by atoms with van der Waals surface area (Å²) in [5.74, 6) is 0.470. The summed E-state index contributed by atoms with van der Waals surface area (Å²) in [6, 6.07) is 10.3. The predicted octanol–water partition coefficient (Wildman–Crippen LogP) is 4.85. The number of carbonyl (C=O) groups excluding carboxylic acids is 2. The van der Waals surface area contributed by atoms with E-state index in [0.717, 1.165) is 24.8 Å². The Morgan fingerprint density at radius 2 is 1.86 bits per heavy atom. The molecule has 0 spiro atoms. The number of halogens is 1. The lowest BCUT2D eigenvalue weighted by atomic mass is 9.70. The Hall–Kier alpha value is -3.52. The highest BCUT2D eigenvalue weighted by Crippen LogP contribution is 2.42. The third-order valence-electron chi connectivity index (χ3n) is 10.2. The standard InChI is InChI=1S/C36H47ClN4O8S/c1-36(2)34(42)38-50(44,45)28-11-13-32-30(20-28)40(15-6-17-46-33-19-26(37)10-8-25(33)23-47-32)21-24-9-12-29(24)31(7-5-18-48-36)49-35(43)41-16-14-27(22-41)39(3)4/h5,7-8,10-11,13,19-20,24,27,29,31H,6,9,12,14-18,21-23H2,1-4H3,(H,38,42)/b7-5+/t24-,27+,29+,31-/m0/s1. The molecule has 3 heterocycles. The first-order chi connectivity index (χ1) is 23.8. The highest BCUT2D eigenvalue weighted by molar-refractivity contribution is 7.90. The Bertz CT molecular complexity index is 1720. The molecule has 1 N–H and O–H groups in total. The number of nitrogens with zero attached hydrogens (tertiary/aromatic N) is 3. The molecule has 1 aliphatic carbocycles. The molecule has 4 aliphatic rings. The fraction of sp³-hybridized carbons (Fsp3) is 0.556. The Morgan fingerprint density at radius 3 is 2.60 bits per heavy atom. The number of likely N-dealkylation sites (N-methyl/N-ethyl adjacent to an activating group) is 1. The zero-order chi connectivity index (χ0) is 35.6. The molecule has 3 aliphatic heterocycles. The minimum absolute atomic E-state index is 0.0174. The van der Waals surface area contributed by atoms with E-state index in [1.165, 1.54) is 19.9 Å². The monoisotopic (exact) mass is 730 g/mol. The number of hydrogen-bond acceptors (Lipinski definition) is 10. The average Bonchev–Trinajstić information content (AvgIpc) is 3.55. The molecule has 1 saturated heterocycles. The summed E-state index contributed by atoms with van der Waals surface area (Å²) < 4.78 is 54.0. The van der Waals surface area contributed by atoms with E-state index < -0.39 is 27.6 Å². The zero-order valence-corrected chi connectivity index (χ0v) is 30.7. The van der Waals surface area contributed by atoms with Crippen LogP contribution in [-0.2, 0) is 30.9 Å². The van der Waals surface area contributed by atoms with Crippen molar-refractivity contribution in [3.63, 3.8) is 0 Å². The van der Waals surface area contributed by atoms with Crippen molar-refractivity contribution >= 4 is 39.3 Å². The van der Waals surface area contributed by atoms with Gasteiger partial charge in [-0.25, -0.2) is 17.9 Å². The molecule has 0 aromatic heterocycles. The van der Waals surface area contributed by atoms with Crippen molar-refractivity contribution in [3.8, 4) is 11.5 Å². The molecular formula is C36H47ClN4O8S. The number of hydrogen-bond donors (Lipinski definition) is 1. The summed E-state index contributed by atoms with van der Waals surface area (Å²) in [4.78, 5) is 32.7. The summed E-state index contributed by atoms with van der Waals surface area (Å²) in [6.07, 6.45) is 6.02. The van der Waals surface area contributed by atoms with E-state index in [-0.39, 0.29) is 42.1 Å². The van der Waals surface area contributed by atoms with Crippen LogP contribution in [0.2, 0.25) is 5.02 Å². The van der Waals surface area contributed by atoms with Crippen LogP contribution in [-0.4, -0.2) is 101 Å². The van der Waals surface area contributed by atoms with Crippen molar-refractivity contribution in [2.75, 3.05) is 58.4 Å². The summed E-state index contributed by atoms with van der Waals surface area (Å²) >= 11 is 6.27. The number of rotatable bonds is 2. The summed E-state index contributed by atoms with van der Waals surface area (Å²) in [6.45, 7) is 5.96. The van der Waals surface area contributed by atoms with E-state index in [2.05, 4.69) is 14.5 Å². The molecule has 2 fully saturated rings. The van der Waals surface area contributed by atoms with E-state index in [9.17, 15) is 18.0 Å². The van der Waals surface area contributed by atoms with Crippen LogP contribution in [0.5, 0.6) is 11.5 Å². The van der Waals surface area contributed by atoms with Crippen molar-refractivity contribution in [2.45, 2.75) is 68.8 Å². The van der Waals surface area contributed by atoms with E-state index in [1.807, 2.05) is 26.2 Å². The molecule has 0 radical (unpaired) electrons. The fourth-order valence-electron chi connectivity index (χ4n) is 6.86. The normalized spacial score (nSPS) is 27.3. The van der Waals surface area contributed by atoms with Gasteiger partial charge in [0.25, 0.3) is 15.9 Å². The number of nitrogens with one attached hydrogen (secondary N) is 1. The van der Waals surface area contributed by atoms with Gasteiger partial charge in [-0.2, -0.15) is 0 Å². The van der Waals surface area contributed by atoms with Gasteiger partial charge in [0.05, 0.1) is 23.8 Å². The Balaban J connectivity index is 1.34. The van der Waals surface area contributed by atoms with Gasteiger partial charge < -0.3 is 33.6 Å². The molecule has 2 aromatic rings. The van der Waals surface area contributed by atoms with Crippen molar-refractivity contribution in [1.82, 2.24) is 14.5 Å². The number of likely N-dealkylation sites (tertiary alicyclic amines) is 1. The molecule has 2 bridgehead atoms. The van der Waals surface area contributed by atoms with Gasteiger partial charge >= 0.3 is 6.09 Å². The average molecular weight is 731 g/mol. The van der Waals surface area contributed by atoms with Gasteiger partial charge in [-0.15, -0.1) is 0 Å². The number of benzene rings is 2. The van der Waals surface area contributed by atoms with Crippen molar-refractivity contribution in [2.24, 2.45) is 11.8 Å². The minimum Gasteiger partial charge on any atom is -0.493 e. The van der Waals surface area contributed by atoms with E-state index >= 15 is 0 Å². The molecular weight excluding hydrogens is 684 g/mol. The lowest BCUT2D eigenvalue weighted by molar-refractivity contribution is -0.139. The molecule has 1 saturated carbocycles. The van der Waals surface area contributed by atoms with Crippen LogP contribution in [0.15, 0.2) is 53.4 Å². The van der Waals surface area contributed by atoms with Crippen LogP contribution in [0.1, 0.15) is 45.1 Å². The second-order valence-electron chi connectivity index (χ2n) is 14.2. The highest BCUT2D eigenvalue weighted by atomic mass is 35.5. The molecule has 2 amide bonds. The molecule has 6 rings (SSSR count). The topological polar surface area (TPSA) is 127 Å². The number of ether oxygens (including phenoxy) is 4. The number of fused-ring (bicyclic) bond motifs is 3. The predicted molar refractivity (Wildman–Crippen MR) is 189 cm³/mol. The van der Waals surface area contributed by atoms with Crippen LogP contribution >= 0.6 is 11.6 Å². The number of amides is 2. The summed E-state index contributed by atoms with van der Waals surface area (Å²) in [5, 5.41) is 0.553. The Labute approximate surface area is 299 Å². The second-order valence-corrected chi connectivity index (χ2v) is 16.3. The third-order valence-corrected chi connectivity index (χ3v) is 11.8.